The monoisotopic (exact) mass is 399 g/mol. The van der Waals surface area contributed by atoms with E-state index in [-0.39, 0.29) is 42.2 Å². The number of halogens is 1. The van der Waals surface area contributed by atoms with Crippen LogP contribution in [0.25, 0.3) is 0 Å². The van der Waals surface area contributed by atoms with Gasteiger partial charge < -0.3 is 15.8 Å². The summed E-state index contributed by atoms with van der Waals surface area (Å²) in [5.41, 5.74) is 6.33. The largest absolute Gasteiger partial charge is 0.495 e. The molecule has 0 saturated heterocycles. The highest BCUT2D eigenvalue weighted by atomic mass is 127. The number of nitrogens with one attached hydrogen (secondary N) is 1. The summed E-state index contributed by atoms with van der Waals surface area (Å²) in [5, 5.41) is 2.86. The molecule has 19 heavy (non-hydrogen) atoms. The second-order valence-electron chi connectivity index (χ2n) is 3.72. The van der Waals surface area contributed by atoms with E-state index in [2.05, 4.69) is 10.3 Å². The highest BCUT2D eigenvalue weighted by molar-refractivity contribution is 14.0. The Morgan fingerprint density at radius 3 is 2.63 bits per heavy atom. The molecule has 0 spiro atoms. The van der Waals surface area contributed by atoms with Gasteiger partial charge in [0.1, 0.15) is 15.6 Å². The van der Waals surface area contributed by atoms with Gasteiger partial charge in [0.05, 0.1) is 25.1 Å². The van der Waals surface area contributed by atoms with Crippen molar-refractivity contribution < 1.29 is 13.2 Å². The fraction of sp³-hybridized carbons (Fsp3) is 0.364. The minimum absolute atomic E-state index is 0. The molecule has 0 aliphatic heterocycles. The van der Waals surface area contributed by atoms with Gasteiger partial charge in [0.25, 0.3) is 0 Å². The lowest BCUT2D eigenvalue weighted by atomic mass is 10.3. The zero-order valence-electron chi connectivity index (χ0n) is 10.8. The topological polar surface area (TPSA) is 93.8 Å². The minimum Gasteiger partial charge on any atom is -0.495 e. The first-order chi connectivity index (χ1) is 8.42. The van der Waals surface area contributed by atoms with Crippen LogP contribution >= 0.6 is 24.0 Å². The number of nitrogens with two attached hydrogens (primary N) is 1. The third kappa shape index (κ3) is 7.21. The first-order valence-corrected chi connectivity index (χ1v) is 7.36. The van der Waals surface area contributed by atoms with Crippen LogP contribution in [0.2, 0.25) is 0 Å². The molecule has 0 fully saturated rings. The first-order valence-electron chi connectivity index (χ1n) is 5.30. The number of sulfone groups is 1. The number of para-hydroxylation sites is 2. The molecule has 0 atom stereocenters. The van der Waals surface area contributed by atoms with Gasteiger partial charge in [0.15, 0.2) is 5.96 Å². The second-order valence-corrected chi connectivity index (χ2v) is 5.98. The number of anilines is 1. The van der Waals surface area contributed by atoms with E-state index in [1.165, 1.54) is 0 Å². The normalized spacial score (nSPS) is 11.6. The number of ether oxygens (including phenoxy) is 1. The van der Waals surface area contributed by atoms with Gasteiger partial charge in [-0.25, -0.2) is 8.42 Å². The molecule has 3 N–H and O–H groups in total. The molecule has 6 nitrogen and oxygen atoms in total. The number of hydrogen-bond donors (Lipinski definition) is 2. The molecule has 0 saturated carbocycles. The molecule has 0 aromatic heterocycles. The third-order valence-corrected chi connectivity index (χ3v) is 3.04. The van der Waals surface area contributed by atoms with Crippen molar-refractivity contribution in [3.63, 3.8) is 0 Å². The van der Waals surface area contributed by atoms with Crippen LogP contribution in [0.4, 0.5) is 5.69 Å². The second kappa shape index (κ2) is 8.20. The van der Waals surface area contributed by atoms with Crippen molar-refractivity contribution in [1.29, 1.82) is 0 Å². The average molecular weight is 399 g/mol. The Hall–Kier alpha value is -1.03. The van der Waals surface area contributed by atoms with Crippen molar-refractivity contribution in [2.24, 2.45) is 10.7 Å². The molecular formula is C11H18IN3O3S. The van der Waals surface area contributed by atoms with Gasteiger partial charge in [0, 0.05) is 6.26 Å². The molecule has 1 aromatic carbocycles. The Labute approximate surface area is 130 Å². The van der Waals surface area contributed by atoms with Crippen molar-refractivity contribution in [1.82, 2.24) is 0 Å². The van der Waals surface area contributed by atoms with Gasteiger partial charge in [-0.1, -0.05) is 12.1 Å². The maximum atomic E-state index is 10.9. The summed E-state index contributed by atoms with van der Waals surface area (Å²) in [6.45, 7) is 0.132. The number of aliphatic imine (C=N–C) groups is 1. The standard InChI is InChI=1S/C11H17N3O3S.HI/c1-17-10-6-4-3-5-9(10)14-11(12)13-7-8-18(2,15)16;/h3-6H,7-8H2,1-2H3,(H3,12,13,14);1H. The van der Waals surface area contributed by atoms with E-state index in [4.69, 9.17) is 10.5 Å². The summed E-state index contributed by atoms with van der Waals surface area (Å²) >= 11 is 0. The number of methoxy groups -OCH3 is 1. The van der Waals surface area contributed by atoms with Crippen LogP contribution in [0, 0.1) is 0 Å². The van der Waals surface area contributed by atoms with Crippen molar-refractivity contribution in [3.8, 4) is 5.75 Å². The molecule has 0 bridgehead atoms. The average Bonchev–Trinajstić information content (AvgIpc) is 2.28. The molecule has 8 heteroatoms. The summed E-state index contributed by atoms with van der Waals surface area (Å²) in [4.78, 5) is 3.93. The zero-order valence-corrected chi connectivity index (χ0v) is 13.9. The van der Waals surface area contributed by atoms with E-state index < -0.39 is 9.84 Å². The van der Waals surface area contributed by atoms with E-state index in [1.807, 2.05) is 12.1 Å². The quantitative estimate of drug-likeness (QED) is 0.439. The molecular weight excluding hydrogens is 381 g/mol. The number of hydrogen-bond acceptors (Lipinski definition) is 4. The molecule has 0 unspecified atom stereocenters. The summed E-state index contributed by atoms with van der Waals surface area (Å²) in [7, 11) is -1.47. The van der Waals surface area contributed by atoms with Crippen molar-refractivity contribution in [2.45, 2.75) is 0 Å². The Balaban J connectivity index is 0.00000324. The van der Waals surface area contributed by atoms with Gasteiger partial charge in [-0.15, -0.1) is 24.0 Å². The van der Waals surface area contributed by atoms with Crippen LogP contribution in [0.3, 0.4) is 0 Å². The Morgan fingerprint density at radius 1 is 1.42 bits per heavy atom. The van der Waals surface area contributed by atoms with Crippen LogP contribution in [-0.2, 0) is 9.84 Å². The zero-order chi connectivity index (χ0) is 13.6. The highest BCUT2D eigenvalue weighted by Crippen LogP contribution is 2.22. The van der Waals surface area contributed by atoms with E-state index >= 15 is 0 Å². The van der Waals surface area contributed by atoms with Crippen LogP contribution < -0.4 is 15.8 Å². The molecule has 0 aliphatic rings. The fourth-order valence-electron chi connectivity index (χ4n) is 1.26. The maximum Gasteiger partial charge on any atom is 0.193 e. The van der Waals surface area contributed by atoms with Crippen LogP contribution in [-0.4, -0.2) is 40.0 Å². The summed E-state index contributed by atoms with van der Waals surface area (Å²) < 4.78 is 27.0. The predicted molar refractivity (Wildman–Crippen MR) is 88.2 cm³/mol. The third-order valence-electron chi connectivity index (χ3n) is 2.11. The van der Waals surface area contributed by atoms with Crippen molar-refractivity contribution in [2.75, 3.05) is 31.0 Å². The van der Waals surface area contributed by atoms with Gasteiger partial charge in [-0.2, -0.15) is 0 Å². The molecule has 0 aliphatic carbocycles. The SMILES string of the molecule is COc1ccccc1NC(N)=NCCS(C)(=O)=O.I. The van der Waals surface area contributed by atoms with Crippen LogP contribution in [0.5, 0.6) is 5.75 Å². The summed E-state index contributed by atoms with van der Waals surface area (Å²) in [6.07, 6.45) is 1.16. The molecule has 0 heterocycles. The number of rotatable bonds is 5. The molecule has 0 radical (unpaired) electrons. The Morgan fingerprint density at radius 2 is 2.05 bits per heavy atom. The van der Waals surface area contributed by atoms with Gasteiger partial charge in [-0.05, 0) is 12.1 Å². The van der Waals surface area contributed by atoms with Gasteiger partial charge >= 0.3 is 0 Å². The lowest BCUT2D eigenvalue weighted by Crippen LogP contribution is -2.24. The smallest absolute Gasteiger partial charge is 0.193 e. The van der Waals surface area contributed by atoms with E-state index in [0.29, 0.717) is 11.4 Å². The maximum absolute atomic E-state index is 10.9. The predicted octanol–water partition coefficient (Wildman–Crippen LogP) is 1.08. The van der Waals surface area contributed by atoms with Gasteiger partial charge in [-0.3, -0.25) is 4.99 Å². The number of nitrogens with zero attached hydrogens (tertiary/aromatic N) is 1. The Bertz CT molecular complexity index is 532. The summed E-state index contributed by atoms with van der Waals surface area (Å²) in [6, 6.07) is 7.24. The Kier molecular flexibility index (Phi) is 7.76. The molecule has 1 rings (SSSR count). The molecule has 0 amide bonds. The molecule has 108 valence electrons. The lowest BCUT2D eigenvalue weighted by Gasteiger charge is -2.09. The fourth-order valence-corrected chi connectivity index (χ4v) is 1.68. The summed E-state index contributed by atoms with van der Waals surface area (Å²) in [5.74, 6) is 0.767. The number of guanidine groups is 1. The van der Waals surface area contributed by atoms with Crippen molar-refractivity contribution in [3.05, 3.63) is 24.3 Å². The van der Waals surface area contributed by atoms with E-state index in [0.717, 1.165) is 6.26 Å². The van der Waals surface area contributed by atoms with Crippen LogP contribution in [0.1, 0.15) is 0 Å². The number of benzene rings is 1. The van der Waals surface area contributed by atoms with E-state index in [1.54, 1.807) is 19.2 Å². The minimum atomic E-state index is -3.02. The van der Waals surface area contributed by atoms with Gasteiger partial charge in [0.2, 0.25) is 0 Å². The van der Waals surface area contributed by atoms with Crippen LogP contribution in [0.15, 0.2) is 29.3 Å². The highest BCUT2D eigenvalue weighted by Gasteiger charge is 2.03. The molecule has 1 aromatic rings. The lowest BCUT2D eigenvalue weighted by molar-refractivity contribution is 0.417. The van der Waals surface area contributed by atoms with Crippen molar-refractivity contribution >= 4 is 45.5 Å². The van der Waals surface area contributed by atoms with E-state index in [9.17, 15) is 8.42 Å². The first kappa shape index (κ1) is 18.0.